The number of hydroxylamine groups is 1. The van der Waals surface area contributed by atoms with Crippen LogP contribution in [0.4, 0.5) is 0 Å². The zero-order chi connectivity index (χ0) is 6.69. The largest absolute Gasteiger partial charge is 0.371 e. The fourth-order valence-electron chi connectivity index (χ4n) is 0.401. The Bertz CT molecular complexity index is 111. The van der Waals surface area contributed by atoms with Gasteiger partial charge in [-0.15, -0.1) is 0 Å². The van der Waals surface area contributed by atoms with E-state index in [0.29, 0.717) is 6.61 Å². The molecule has 1 heterocycles. The maximum atomic E-state index is 10.2. The van der Waals surface area contributed by atoms with Crippen LogP contribution in [0.3, 0.4) is 0 Å². The predicted molar refractivity (Wildman–Crippen MR) is 29.5 cm³/mol. The van der Waals surface area contributed by atoms with Crippen LogP contribution in [0.25, 0.3) is 0 Å². The highest BCUT2D eigenvalue weighted by molar-refractivity contribution is 5.71. The Morgan fingerprint density at radius 1 is 2.00 bits per heavy atom. The van der Waals surface area contributed by atoms with Gasteiger partial charge in [-0.2, -0.15) is 0 Å². The maximum Gasteiger partial charge on any atom is 0.240 e. The van der Waals surface area contributed by atoms with Crippen LogP contribution in [-0.4, -0.2) is 25.2 Å². The lowest BCUT2D eigenvalue weighted by atomic mass is 10.5. The van der Waals surface area contributed by atoms with Gasteiger partial charge in [0.05, 0.1) is 6.61 Å². The second-order valence-corrected chi connectivity index (χ2v) is 1.92. The van der Waals surface area contributed by atoms with Gasteiger partial charge >= 0.3 is 0 Å². The Hall–Kier alpha value is -0.610. The number of amides is 1. The normalized spacial score (nSPS) is 23.4. The molecule has 1 amide bonds. The van der Waals surface area contributed by atoms with E-state index in [0.717, 1.165) is 6.61 Å². The minimum atomic E-state index is -0.185. The third-order valence-electron chi connectivity index (χ3n) is 0.887. The molecule has 0 radical (unpaired) electrons. The predicted octanol–water partition coefficient (Wildman–Crippen LogP) is -0.547. The summed E-state index contributed by atoms with van der Waals surface area (Å²) in [5.74, 6) is -0.185. The van der Waals surface area contributed by atoms with E-state index in [-0.39, 0.29) is 12.0 Å². The van der Waals surface area contributed by atoms with E-state index in [1.54, 1.807) is 0 Å². The molecule has 1 fully saturated rings. The van der Waals surface area contributed by atoms with E-state index in [1.165, 1.54) is 6.92 Å². The number of nitrogens with one attached hydrogen (secondary N) is 1. The summed E-state index contributed by atoms with van der Waals surface area (Å²) in [7, 11) is 0. The van der Waals surface area contributed by atoms with Crippen molar-refractivity contribution in [1.82, 2.24) is 5.48 Å². The van der Waals surface area contributed by atoms with Crippen LogP contribution < -0.4 is 5.48 Å². The van der Waals surface area contributed by atoms with Gasteiger partial charge in [-0.25, -0.2) is 5.48 Å². The number of hydrogen-bond acceptors (Lipinski definition) is 3. The molecule has 1 unspecified atom stereocenters. The number of carbonyl (C=O) groups is 1. The van der Waals surface area contributed by atoms with Gasteiger partial charge in [-0.1, -0.05) is 0 Å². The molecule has 4 heteroatoms. The van der Waals surface area contributed by atoms with Crippen molar-refractivity contribution >= 4 is 5.91 Å². The van der Waals surface area contributed by atoms with Gasteiger partial charge < -0.3 is 4.74 Å². The molecule has 0 bridgehead atoms. The minimum absolute atomic E-state index is 0.185. The standard InChI is InChI=1S/C5H9NO3/c1-4(7)6-9-3-5-2-8-5/h5H,2-3H2,1H3,(H,6,7). The van der Waals surface area contributed by atoms with Crippen LogP contribution in [-0.2, 0) is 14.4 Å². The van der Waals surface area contributed by atoms with E-state index in [4.69, 9.17) is 9.57 Å². The molecule has 0 spiro atoms. The first-order valence-electron chi connectivity index (χ1n) is 2.79. The molecule has 9 heavy (non-hydrogen) atoms. The van der Waals surface area contributed by atoms with E-state index in [2.05, 4.69) is 5.48 Å². The molecule has 0 aromatic heterocycles. The second-order valence-electron chi connectivity index (χ2n) is 1.92. The highest BCUT2D eigenvalue weighted by Crippen LogP contribution is 2.07. The SMILES string of the molecule is CC(=O)NOCC1CO1. The Morgan fingerprint density at radius 2 is 2.67 bits per heavy atom. The van der Waals surface area contributed by atoms with Crippen molar-refractivity contribution in [1.29, 1.82) is 0 Å². The third-order valence-corrected chi connectivity index (χ3v) is 0.887. The van der Waals surface area contributed by atoms with Crippen LogP contribution in [0.2, 0.25) is 0 Å². The zero-order valence-electron chi connectivity index (χ0n) is 5.22. The topological polar surface area (TPSA) is 50.9 Å². The fraction of sp³-hybridized carbons (Fsp3) is 0.800. The first kappa shape index (κ1) is 6.51. The first-order valence-corrected chi connectivity index (χ1v) is 2.79. The third kappa shape index (κ3) is 3.05. The average molecular weight is 131 g/mol. The van der Waals surface area contributed by atoms with E-state index >= 15 is 0 Å². The number of carbonyl (C=O) groups excluding carboxylic acids is 1. The van der Waals surface area contributed by atoms with Crippen LogP contribution in [0.1, 0.15) is 6.92 Å². The van der Waals surface area contributed by atoms with Gasteiger partial charge in [0.15, 0.2) is 0 Å². The molecule has 4 nitrogen and oxygen atoms in total. The minimum Gasteiger partial charge on any atom is -0.371 e. The monoisotopic (exact) mass is 131 g/mol. The summed E-state index contributed by atoms with van der Waals surface area (Å²) in [6, 6.07) is 0. The summed E-state index contributed by atoms with van der Waals surface area (Å²) in [5.41, 5.74) is 2.20. The Kier molecular flexibility index (Phi) is 2.02. The molecule has 1 aliphatic heterocycles. The quantitative estimate of drug-likeness (QED) is 0.413. The molecule has 1 saturated heterocycles. The molecule has 0 aromatic rings. The van der Waals surface area contributed by atoms with Gasteiger partial charge in [0, 0.05) is 6.92 Å². The molecule has 1 N–H and O–H groups in total. The molecular formula is C5H9NO3. The van der Waals surface area contributed by atoms with Crippen molar-refractivity contribution in [3.8, 4) is 0 Å². The molecular weight excluding hydrogens is 122 g/mol. The number of hydrogen-bond donors (Lipinski definition) is 1. The van der Waals surface area contributed by atoms with Crippen molar-refractivity contribution in [2.75, 3.05) is 13.2 Å². The van der Waals surface area contributed by atoms with Gasteiger partial charge in [-0.05, 0) is 0 Å². The van der Waals surface area contributed by atoms with Crippen LogP contribution in [0.5, 0.6) is 0 Å². The number of rotatable bonds is 3. The highest BCUT2D eigenvalue weighted by atomic mass is 16.7. The molecule has 1 aliphatic rings. The van der Waals surface area contributed by atoms with Crippen LogP contribution >= 0.6 is 0 Å². The summed E-state index contributed by atoms with van der Waals surface area (Å²) < 4.78 is 4.81. The summed E-state index contributed by atoms with van der Waals surface area (Å²) in [6.45, 7) is 2.60. The number of epoxide rings is 1. The lowest BCUT2D eigenvalue weighted by Gasteiger charge is -1.98. The lowest BCUT2D eigenvalue weighted by molar-refractivity contribution is -0.131. The highest BCUT2D eigenvalue weighted by Gasteiger charge is 2.22. The number of ether oxygens (including phenoxy) is 1. The summed E-state index contributed by atoms with van der Waals surface area (Å²) in [6.07, 6.45) is 0.205. The Balaban J connectivity index is 1.86. The molecule has 1 atom stereocenters. The maximum absolute atomic E-state index is 10.2. The van der Waals surface area contributed by atoms with Crippen molar-refractivity contribution in [2.24, 2.45) is 0 Å². The zero-order valence-corrected chi connectivity index (χ0v) is 5.22. The van der Waals surface area contributed by atoms with E-state index < -0.39 is 0 Å². The van der Waals surface area contributed by atoms with Gasteiger partial charge in [0.25, 0.3) is 0 Å². The van der Waals surface area contributed by atoms with Crippen molar-refractivity contribution in [2.45, 2.75) is 13.0 Å². The van der Waals surface area contributed by atoms with E-state index in [1.807, 2.05) is 0 Å². The Labute approximate surface area is 53.1 Å². The average Bonchev–Trinajstić information content (AvgIpc) is 2.48. The molecule has 0 saturated carbocycles. The Morgan fingerprint density at radius 3 is 3.11 bits per heavy atom. The van der Waals surface area contributed by atoms with Gasteiger partial charge in [0.2, 0.25) is 5.91 Å². The van der Waals surface area contributed by atoms with Crippen LogP contribution in [0.15, 0.2) is 0 Å². The van der Waals surface area contributed by atoms with Gasteiger partial charge in [-0.3, -0.25) is 9.63 Å². The van der Waals surface area contributed by atoms with E-state index in [9.17, 15) is 4.79 Å². The summed E-state index contributed by atoms with van der Waals surface area (Å²) in [4.78, 5) is 14.9. The van der Waals surface area contributed by atoms with Crippen molar-refractivity contribution in [3.05, 3.63) is 0 Å². The smallest absolute Gasteiger partial charge is 0.240 e. The van der Waals surface area contributed by atoms with Crippen LogP contribution in [0, 0.1) is 0 Å². The molecule has 1 rings (SSSR count). The lowest BCUT2D eigenvalue weighted by Crippen LogP contribution is -2.22. The van der Waals surface area contributed by atoms with Crippen molar-refractivity contribution < 1.29 is 14.4 Å². The molecule has 52 valence electrons. The summed E-state index contributed by atoms with van der Waals surface area (Å²) >= 11 is 0. The van der Waals surface area contributed by atoms with Gasteiger partial charge in [0.1, 0.15) is 12.7 Å². The van der Waals surface area contributed by atoms with Crippen molar-refractivity contribution in [3.63, 3.8) is 0 Å². The molecule has 0 aromatic carbocycles. The fourth-order valence-corrected chi connectivity index (χ4v) is 0.401. The summed E-state index contributed by atoms with van der Waals surface area (Å²) in [5, 5.41) is 0. The second kappa shape index (κ2) is 2.80. The first-order chi connectivity index (χ1) is 4.29. The molecule has 0 aliphatic carbocycles.